The van der Waals surface area contributed by atoms with E-state index in [1.165, 1.54) is 0 Å². The summed E-state index contributed by atoms with van der Waals surface area (Å²) in [6.45, 7) is 2.84. The molecule has 0 spiro atoms. The number of anilines is 1. The maximum Gasteiger partial charge on any atom is 0.340 e. The van der Waals surface area contributed by atoms with Crippen LogP contribution in [0.15, 0.2) is 36.8 Å². The molecular weight excluding hydrogens is 294 g/mol. The molecule has 1 atom stereocenters. The molecule has 23 heavy (non-hydrogen) atoms. The van der Waals surface area contributed by atoms with Crippen LogP contribution in [0.3, 0.4) is 0 Å². The quantitative estimate of drug-likeness (QED) is 0.879. The van der Waals surface area contributed by atoms with E-state index in [-0.39, 0.29) is 11.8 Å². The Labute approximate surface area is 134 Å². The van der Waals surface area contributed by atoms with Crippen LogP contribution in [0.2, 0.25) is 0 Å². The summed E-state index contributed by atoms with van der Waals surface area (Å²) in [7, 11) is 0. The average molecular weight is 313 g/mol. The first-order valence-electron chi connectivity index (χ1n) is 7.75. The lowest BCUT2D eigenvalue weighted by Crippen LogP contribution is -2.30. The van der Waals surface area contributed by atoms with Crippen molar-refractivity contribution in [1.29, 1.82) is 0 Å². The second kappa shape index (κ2) is 6.64. The van der Waals surface area contributed by atoms with Crippen LogP contribution in [-0.4, -0.2) is 28.0 Å². The number of nitrogens with zero attached hydrogens (tertiary/aromatic N) is 2. The predicted octanol–water partition coefficient (Wildman–Crippen LogP) is 2.26. The second-order valence-corrected chi connectivity index (χ2v) is 5.52. The number of fused-ring (bicyclic) bond motifs is 1. The zero-order chi connectivity index (χ0) is 16.2. The zero-order valence-corrected chi connectivity index (χ0v) is 13.0. The lowest BCUT2D eigenvalue weighted by atomic mass is 9.95. The highest BCUT2D eigenvalue weighted by Gasteiger charge is 2.25. The van der Waals surface area contributed by atoms with Crippen molar-refractivity contribution in [1.82, 2.24) is 9.55 Å². The van der Waals surface area contributed by atoms with Gasteiger partial charge in [-0.25, -0.2) is 9.78 Å². The summed E-state index contributed by atoms with van der Waals surface area (Å²) >= 11 is 0. The maximum absolute atomic E-state index is 12.5. The fourth-order valence-electron chi connectivity index (χ4n) is 2.81. The number of imidazole rings is 1. The van der Waals surface area contributed by atoms with Gasteiger partial charge in [-0.15, -0.1) is 0 Å². The van der Waals surface area contributed by atoms with Gasteiger partial charge in [0.25, 0.3) is 0 Å². The highest BCUT2D eigenvalue weighted by Crippen LogP contribution is 2.23. The van der Waals surface area contributed by atoms with E-state index in [9.17, 15) is 9.59 Å². The first-order valence-corrected chi connectivity index (χ1v) is 7.75. The Balaban J connectivity index is 1.73. The number of benzene rings is 1. The van der Waals surface area contributed by atoms with E-state index in [2.05, 4.69) is 14.9 Å². The highest BCUT2D eigenvalue weighted by atomic mass is 16.5. The second-order valence-electron chi connectivity index (χ2n) is 5.52. The summed E-state index contributed by atoms with van der Waals surface area (Å²) in [5.41, 5.74) is 1.94. The van der Waals surface area contributed by atoms with Crippen LogP contribution in [0, 0.1) is 5.92 Å². The number of para-hydroxylation sites is 1. The van der Waals surface area contributed by atoms with Crippen LogP contribution in [0.5, 0.6) is 0 Å². The van der Waals surface area contributed by atoms with Crippen molar-refractivity contribution in [2.75, 3.05) is 11.9 Å². The van der Waals surface area contributed by atoms with Crippen molar-refractivity contribution in [2.45, 2.75) is 26.3 Å². The number of carbonyl (C=O) groups excluding carboxylic acids is 2. The normalized spacial score (nSPS) is 16.5. The Bertz CT molecular complexity index is 723. The van der Waals surface area contributed by atoms with Crippen LogP contribution in [0.1, 0.15) is 29.4 Å². The van der Waals surface area contributed by atoms with Crippen molar-refractivity contribution in [3.63, 3.8) is 0 Å². The van der Waals surface area contributed by atoms with Gasteiger partial charge in [0.1, 0.15) is 0 Å². The number of esters is 1. The molecule has 0 bridgehead atoms. The van der Waals surface area contributed by atoms with E-state index >= 15 is 0 Å². The van der Waals surface area contributed by atoms with E-state index in [1.807, 2.05) is 0 Å². The molecule has 120 valence electrons. The van der Waals surface area contributed by atoms with Gasteiger partial charge < -0.3 is 14.6 Å². The number of nitrogens with one attached hydrogen (secondary N) is 1. The molecule has 0 aliphatic carbocycles. The summed E-state index contributed by atoms with van der Waals surface area (Å²) in [4.78, 5) is 28.6. The van der Waals surface area contributed by atoms with Crippen LogP contribution in [0.4, 0.5) is 5.69 Å². The van der Waals surface area contributed by atoms with Crippen molar-refractivity contribution in [2.24, 2.45) is 5.92 Å². The van der Waals surface area contributed by atoms with Crippen molar-refractivity contribution >= 4 is 17.6 Å². The molecule has 0 saturated carbocycles. The minimum absolute atomic E-state index is 0.0748. The molecule has 2 heterocycles. The molecular formula is C17H19N3O3. The molecule has 0 saturated heterocycles. The molecule has 3 rings (SSSR count). The lowest BCUT2D eigenvalue weighted by Gasteiger charge is -2.23. The SMILES string of the molecule is CCOC(=O)c1ccccc1NC(=O)C1CCn2cncc2C1. The van der Waals surface area contributed by atoms with E-state index in [1.54, 1.807) is 43.7 Å². The van der Waals surface area contributed by atoms with Gasteiger partial charge in [0, 0.05) is 30.8 Å². The molecule has 1 unspecified atom stereocenters. The van der Waals surface area contributed by atoms with Crippen molar-refractivity contribution < 1.29 is 14.3 Å². The molecule has 0 fully saturated rings. The molecule has 1 aromatic carbocycles. The monoisotopic (exact) mass is 313 g/mol. The smallest absolute Gasteiger partial charge is 0.340 e. The topological polar surface area (TPSA) is 73.2 Å². The summed E-state index contributed by atoms with van der Waals surface area (Å²) in [5, 5.41) is 2.87. The minimum atomic E-state index is -0.426. The van der Waals surface area contributed by atoms with Crippen LogP contribution >= 0.6 is 0 Å². The van der Waals surface area contributed by atoms with E-state index in [0.29, 0.717) is 24.3 Å². The van der Waals surface area contributed by atoms with Gasteiger partial charge in [0.15, 0.2) is 0 Å². The average Bonchev–Trinajstić information content (AvgIpc) is 3.03. The molecule has 2 aromatic rings. The first-order chi connectivity index (χ1) is 11.2. The fraction of sp³-hybridized carbons (Fsp3) is 0.353. The third-order valence-corrected chi connectivity index (χ3v) is 4.02. The molecule has 6 nitrogen and oxygen atoms in total. The number of ether oxygens (including phenoxy) is 1. The standard InChI is InChI=1S/C17H19N3O3/c1-2-23-17(22)14-5-3-4-6-15(14)19-16(21)12-7-8-20-11-18-10-13(20)9-12/h3-6,10-12H,2,7-9H2,1H3,(H,19,21). The Morgan fingerprint density at radius 3 is 3.04 bits per heavy atom. The molecule has 1 aliphatic rings. The third kappa shape index (κ3) is 3.26. The highest BCUT2D eigenvalue weighted by molar-refractivity contribution is 6.01. The number of hydrogen-bond donors (Lipinski definition) is 1. The molecule has 0 radical (unpaired) electrons. The fourth-order valence-corrected chi connectivity index (χ4v) is 2.81. The van der Waals surface area contributed by atoms with Crippen LogP contribution in [0.25, 0.3) is 0 Å². The van der Waals surface area contributed by atoms with Gasteiger partial charge >= 0.3 is 5.97 Å². The van der Waals surface area contributed by atoms with Crippen molar-refractivity contribution in [3.8, 4) is 0 Å². The Morgan fingerprint density at radius 1 is 1.39 bits per heavy atom. The number of aryl methyl sites for hydroxylation is 1. The Morgan fingerprint density at radius 2 is 2.22 bits per heavy atom. The first kappa shape index (κ1) is 15.3. The third-order valence-electron chi connectivity index (χ3n) is 4.02. The number of carbonyl (C=O) groups is 2. The molecule has 1 aromatic heterocycles. The van der Waals surface area contributed by atoms with Gasteiger partial charge in [0.2, 0.25) is 5.91 Å². The molecule has 1 N–H and O–H groups in total. The summed E-state index contributed by atoms with van der Waals surface area (Å²) in [5.74, 6) is -0.617. The predicted molar refractivity (Wildman–Crippen MR) is 85.1 cm³/mol. The summed E-state index contributed by atoms with van der Waals surface area (Å²) < 4.78 is 7.10. The number of hydrogen-bond acceptors (Lipinski definition) is 4. The van der Waals surface area contributed by atoms with E-state index < -0.39 is 5.97 Å². The van der Waals surface area contributed by atoms with Crippen molar-refractivity contribution in [3.05, 3.63) is 48.0 Å². The minimum Gasteiger partial charge on any atom is -0.462 e. The number of amides is 1. The van der Waals surface area contributed by atoms with Crippen LogP contribution in [-0.2, 0) is 22.5 Å². The van der Waals surface area contributed by atoms with Gasteiger partial charge in [-0.1, -0.05) is 12.1 Å². The molecule has 1 amide bonds. The number of aromatic nitrogens is 2. The maximum atomic E-state index is 12.5. The largest absolute Gasteiger partial charge is 0.462 e. The number of rotatable bonds is 4. The van der Waals surface area contributed by atoms with Gasteiger partial charge in [-0.2, -0.15) is 0 Å². The van der Waals surface area contributed by atoms with Gasteiger partial charge in [0.05, 0.1) is 24.2 Å². The van der Waals surface area contributed by atoms with Gasteiger partial charge in [-0.05, 0) is 25.5 Å². The van der Waals surface area contributed by atoms with E-state index in [0.717, 1.165) is 18.7 Å². The lowest BCUT2D eigenvalue weighted by molar-refractivity contribution is -0.120. The van der Waals surface area contributed by atoms with E-state index in [4.69, 9.17) is 4.74 Å². The summed E-state index contributed by atoms with van der Waals surface area (Å²) in [6, 6.07) is 6.91. The zero-order valence-electron chi connectivity index (χ0n) is 13.0. The Kier molecular flexibility index (Phi) is 4.41. The van der Waals surface area contributed by atoms with Gasteiger partial charge in [-0.3, -0.25) is 4.79 Å². The molecule has 6 heteroatoms. The van der Waals surface area contributed by atoms with Crippen LogP contribution < -0.4 is 5.32 Å². The summed E-state index contributed by atoms with van der Waals surface area (Å²) in [6.07, 6.45) is 5.01. The molecule has 1 aliphatic heterocycles. The Hall–Kier alpha value is -2.63.